The molecule has 1 N–H and O–H groups in total. The Kier molecular flexibility index (Phi) is 5.81. The van der Waals surface area contributed by atoms with Crippen LogP contribution in [0.5, 0.6) is 0 Å². The number of carbonyl (C=O) groups is 2. The molecule has 0 spiro atoms. The van der Waals surface area contributed by atoms with Crippen LogP contribution >= 0.6 is 0 Å². The Morgan fingerprint density at radius 1 is 1.07 bits per heavy atom. The van der Waals surface area contributed by atoms with Crippen molar-refractivity contribution in [3.05, 3.63) is 54.6 Å². The number of oxazole rings is 1. The van der Waals surface area contributed by atoms with E-state index in [1.54, 1.807) is 4.90 Å². The van der Waals surface area contributed by atoms with Gasteiger partial charge in [0.25, 0.3) is 5.91 Å². The van der Waals surface area contributed by atoms with Crippen LogP contribution in [0.25, 0.3) is 22.1 Å². The van der Waals surface area contributed by atoms with Gasteiger partial charge in [-0.15, -0.1) is 0 Å². The minimum absolute atomic E-state index is 0.0138. The minimum atomic E-state index is -0.141. The van der Waals surface area contributed by atoms with Crippen LogP contribution in [-0.4, -0.2) is 65.4 Å². The van der Waals surface area contributed by atoms with Gasteiger partial charge in [-0.05, 0) is 30.7 Å². The number of rotatable bonds is 5. The Labute approximate surface area is 175 Å². The molecule has 1 aromatic heterocycles. The van der Waals surface area contributed by atoms with Gasteiger partial charge in [0.15, 0.2) is 17.8 Å². The number of hydrogen-bond acceptors (Lipinski definition) is 5. The summed E-state index contributed by atoms with van der Waals surface area (Å²) >= 11 is 0. The second-order valence-electron chi connectivity index (χ2n) is 7.88. The van der Waals surface area contributed by atoms with Crippen molar-refractivity contribution in [2.75, 3.05) is 32.7 Å². The lowest BCUT2D eigenvalue weighted by molar-refractivity contribution is -0.123. The van der Waals surface area contributed by atoms with Gasteiger partial charge in [0.05, 0.1) is 6.54 Å². The molecule has 0 bridgehead atoms. The van der Waals surface area contributed by atoms with E-state index in [0.717, 1.165) is 16.3 Å². The van der Waals surface area contributed by atoms with E-state index < -0.39 is 0 Å². The first kappa shape index (κ1) is 20.1. The SMILES string of the molecule is CC(C)NC(=O)CN1CCN(C(=O)c2ncoc2-c2ccc3ccccc3c2)CC1. The molecule has 2 heterocycles. The number of hydrogen-bond donors (Lipinski definition) is 1. The number of nitrogens with one attached hydrogen (secondary N) is 1. The summed E-state index contributed by atoms with van der Waals surface area (Å²) in [6, 6.07) is 14.2. The van der Waals surface area contributed by atoms with Crippen LogP contribution in [0.3, 0.4) is 0 Å². The summed E-state index contributed by atoms with van der Waals surface area (Å²) < 4.78 is 5.60. The molecule has 30 heavy (non-hydrogen) atoms. The van der Waals surface area contributed by atoms with Crippen molar-refractivity contribution in [1.29, 1.82) is 0 Å². The van der Waals surface area contributed by atoms with Gasteiger partial charge in [0, 0.05) is 37.8 Å². The summed E-state index contributed by atoms with van der Waals surface area (Å²) in [5, 5.41) is 5.11. The molecule has 156 valence electrons. The maximum absolute atomic E-state index is 13.1. The van der Waals surface area contributed by atoms with Gasteiger partial charge in [-0.2, -0.15) is 0 Å². The van der Waals surface area contributed by atoms with Crippen molar-refractivity contribution in [2.24, 2.45) is 0 Å². The predicted octanol–water partition coefficient (Wildman–Crippen LogP) is 2.78. The van der Waals surface area contributed by atoms with E-state index in [4.69, 9.17) is 4.42 Å². The van der Waals surface area contributed by atoms with Gasteiger partial charge < -0.3 is 14.6 Å². The summed E-state index contributed by atoms with van der Waals surface area (Å²) in [6.45, 7) is 6.65. The molecule has 2 aromatic carbocycles. The summed E-state index contributed by atoms with van der Waals surface area (Å²) in [6.07, 6.45) is 1.32. The van der Waals surface area contributed by atoms with Crippen LogP contribution in [0.1, 0.15) is 24.3 Å². The quantitative estimate of drug-likeness (QED) is 0.705. The molecule has 1 fully saturated rings. The molecular weight excluding hydrogens is 380 g/mol. The summed E-state index contributed by atoms with van der Waals surface area (Å²) in [5.74, 6) is 0.363. The Bertz CT molecular complexity index is 1050. The third-order valence-electron chi connectivity index (χ3n) is 5.26. The molecule has 7 heteroatoms. The van der Waals surface area contributed by atoms with Gasteiger partial charge in [-0.25, -0.2) is 4.98 Å². The van der Waals surface area contributed by atoms with Gasteiger partial charge in [0.1, 0.15) is 0 Å². The van der Waals surface area contributed by atoms with E-state index in [0.29, 0.717) is 44.2 Å². The first-order valence-electron chi connectivity index (χ1n) is 10.2. The number of nitrogens with zero attached hydrogens (tertiary/aromatic N) is 3. The zero-order valence-corrected chi connectivity index (χ0v) is 17.3. The fraction of sp³-hybridized carbons (Fsp3) is 0.348. The Hall–Kier alpha value is -3.19. The minimum Gasteiger partial charge on any atom is -0.443 e. The standard InChI is InChI=1S/C23H26N4O3/c1-16(2)25-20(28)14-26-9-11-27(12-10-26)23(29)21-22(30-15-24-21)19-8-7-17-5-3-4-6-18(17)13-19/h3-8,13,15-16H,9-12,14H2,1-2H3,(H,25,28). The normalized spacial score (nSPS) is 15.0. The molecule has 3 aromatic rings. The summed E-state index contributed by atoms with van der Waals surface area (Å²) in [4.78, 5) is 33.1. The summed E-state index contributed by atoms with van der Waals surface area (Å²) in [5.41, 5.74) is 1.16. The zero-order valence-electron chi connectivity index (χ0n) is 17.3. The third kappa shape index (κ3) is 4.36. The monoisotopic (exact) mass is 406 g/mol. The molecular formula is C23H26N4O3. The molecule has 0 saturated carbocycles. The fourth-order valence-corrected chi connectivity index (χ4v) is 3.76. The van der Waals surface area contributed by atoms with Gasteiger partial charge in [0.2, 0.25) is 5.91 Å². The maximum Gasteiger partial charge on any atom is 0.276 e. The van der Waals surface area contributed by atoms with Crippen LogP contribution in [0.2, 0.25) is 0 Å². The van der Waals surface area contributed by atoms with Gasteiger partial charge in [-0.1, -0.05) is 36.4 Å². The number of benzene rings is 2. The lowest BCUT2D eigenvalue weighted by Crippen LogP contribution is -2.51. The van der Waals surface area contributed by atoms with Crippen LogP contribution in [0.4, 0.5) is 0 Å². The average Bonchev–Trinajstić information content (AvgIpc) is 3.22. The molecule has 1 aliphatic rings. The smallest absolute Gasteiger partial charge is 0.276 e. The topological polar surface area (TPSA) is 78.7 Å². The Balaban J connectivity index is 1.44. The maximum atomic E-state index is 13.1. The predicted molar refractivity (Wildman–Crippen MR) is 115 cm³/mol. The van der Waals surface area contributed by atoms with Crippen molar-refractivity contribution >= 4 is 22.6 Å². The highest BCUT2D eigenvalue weighted by atomic mass is 16.3. The molecule has 0 aliphatic carbocycles. The van der Waals surface area contributed by atoms with Crippen LogP contribution in [-0.2, 0) is 4.79 Å². The molecule has 0 radical (unpaired) electrons. The first-order chi connectivity index (χ1) is 14.5. The van der Waals surface area contributed by atoms with E-state index in [-0.39, 0.29) is 17.9 Å². The van der Waals surface area contributed by atoms with Crippen molar-refractivity contribution in [2.45, 2.75) is 19.9 Å². The van der Waals surface area contributed by atoms with E-state index >= 15 is 0 Å². The molecule has 1 saturated heterocycles. The largest absolute Gasteiger partial charge is 0.443 e. The third-order valence-corrected chi connectivity index (χ3v) is 5.26. The number of carbonyl (C=O) groups excluding carboxylic acids is 2. The zero-order chi connectivity index (χ0) is 21.1. The van der Waals surface area contributed by atoms with Crippen LogP contribution in [0.15, 0.2) is 53.3 Å². The molecule has 0 unspecified atom stereocenters. The van der Waals surface area contributed by atoms with Crippen molar-refractivity contribution < 1.29 is 14.0 Å². The van der Waals surface area contributed by atoms with Crippen LogP contribution in [0, 0.1) is 0 Å². The van der Waals surface area contributed by atoms with Gasteiger partial charge in [-0.3, -0.25) is 14.5 Å². The molecule has 7 nitrogen and oxygen atoms in total. The van der Waals surface area contributed by atoms with Crippen molar-refractivity contribution in [3.63, 3.8) is 0 Å². The van der Waals surface area contributed by atoms with Gasteiger partial charge >= 0.3 is 0 Å². The second kappa shape index (κ2) is 8.67. The lowest BCUT2D eigenvalue weighted by atomic mass is 10.0. The first-order valence-corrected chi connectivity index (χ1v) is 10.2. The number of amides is 2. The Morgan fingerprint density at radius 2 is 1.80 bits per heavy atom. The van der Waals surface area contributed by atoms with E-state index in [1.165, 1.54) is 6.39 Å². The van der Waals surface area contributed by atoms with Crippen LogP contribution < -0.4 is 5.32 Å². The number of fused-ring (bicyclic) bond motifs is 1. The average molecular weight is 406 g/mol. The molecule has 4 rings (SSSR count). The molecule has 2 amide bonds. The second-order valence-corrected chi connectivity index (χ2v) is 7.88. The van der Waals surface area contributed by atoms with E-state index in [9.17, 15) is 9.59 Å². The molecule has 1 aliphatic heterocycles. The van der Waals surface area contributed by atoms with Crippen molar-refractivity contribution in [3.8, 4) is 11.3 Å². The Morgan fingerprint density at radius 3 is 2.53 bits per heavy atom. The fourth-order valence-electron chi connectivity index (χ4n) is 3.76. The summed E-state index contributed by atoms with van der Waals surface area (Å²) in [7, 11) is 0. The number of piperazine rings is 1. The highest BCUT2D eigenvalue weighted by Gasteiger charge is 2.27. The van der Waals surface area contributed by atoms with E-state index in [2.05, 4.69) is 15.2 Å². The lowest BCUT2D eigenvalue weighted by Gasteiger charge is -2.34. The molecule has 0 atom stereocenters. The number of aromatic nitrogens is 1. The van der Waals surface area contributed by atoms with Crippen molar-refractivity contribution in [1.82, 2.24) is 20.1 Å². The highest BCUT2D eigenvalue weighted by molar-refractivity contribution is 5.98. The highest BCUT2D eigenvalue weighted by Crippen LogP contribution is 2.28. The van der Waals surface area contributed by atoms with E-state index in [1.807, 2.05) is 56.3 Å².